The van der Waals surface area contributed by atoms with E-state index in [4.69, 9.17) is 5.11 Å². The molecule has 0 spiro atoms. The fraction of sp³-hybridized carbons (Fsp3) is 0.125. The van der Waals surface area contributed by atoms with Crippen LogP contribution in [0.15, 0.2) is 36.4 Å². The number of hydrogen-bond acceptors (Lipinski definition) is 2. The van der Waals surface area contributed by atoms with Gasteiger partial charge < -0.3 is 10.2 Å². The Bertz CT molecular complexity index is 743. The van der Waals surface area contributed by atoms with Crippen molar-refractivity contribution in [1.82, 2.24) is 0 Å². The SMILES string of the molecule is O=C(O)c1ccc(Cc2c(F)cccc2CBr)c(C(=O)O)c1. The van der Waals surface area contributed by atoms with Crippen molar-refractivity contribution in [3.05, 3.63) is 70.0 Å². The Balaban J connectivity index is 2.50. The number of alkyl halides is 1. The molecule has 2 aromatic carbocycles. The van der Waals surface area contributed by atoms with Crippen molar-refractivity contribution in [2.24, 2.45) is 0 Å². The number of aromatic carboxylic acids is 2. The lowest BCUT2D eigenvalue weighted by Crippen LogP contribution is -2.08. The van der Waals surface area contributed by atoms with E-state index in [1.807, 2.05) is 0 Å². The molecule has 0 fully saturated rings. The first kappa shape index (κ1) is 16.2. The molecule has 22 heavy (non-hydrogen) atoms. The first-order valence-electron chi connectivity index (χ1n) is 6.35. The van der Waals surface area contributed by atoms with Gasteiger partial charge in [-0.3, -0.25) is 0 Å². The first-order chi connectivity index (χ1) is 10.4. The molecular formula is C16H12BrFO4. The van der Waals surface area contributed by atoms with Crippen molar-refractivity contribution >= 4 is 27.9 Å². The summed E-state index contributed by atoms with van der Waals surface area (Å²) in [4.78, 5) is 22.3. The van der Waals surface area contributed by atoms with Gasteiger partial charge in [-0.2, -0.15) is 0 Å². The quantitative estimate of drug-likeness (QED) is 0.791. The minimum absolute atomic E-state index is 0.0785. The smallest absolute Gasteiger partial charge is 0.336 e. The molecule has 0 heterocycles. The zero-order valence-corrected chi connectivity index (χ0v) is 12.9. The molecule has 0 bridgehead atoms. The Morgan fingerprint density at radius 2 is 1.77 bits per heavy atom. The van der Waals surface area contributed by atoms with E-state index in [0.29, 0.717) is 16.5 Å². The molecule has 0 aliphatic carbocycles. The van der Waals surface area contributed by atoms with E-state index in [2.05, 4.69) is 15.9 Å². The predicted octanol–water partition coefficient (Wildman–Crippen LogP) is 3.71. The average Bonchev–Trinajstić information content (AvgIpc) is 2.49. The molecule has 114 valence electrons. The van der Waals surface area contributed by atoms with Crippen LogP contribution in [0.25, 0.3) is 0 Å². The van der Waals surface area contributed by atoms with Gasteiger partial charge in [-0.25, -0.2) is 14.0 Å². The maximum Gasteiger partial charge on any atom is 0.336 e. The molecule has 0 radical (unpaired) electrons. The fourth-order valence-electron chi connectivity index (χ4n) is 2.18. The molecule has 0 aliphatic rings. The van der Waals surface area contributed by atoms with Crippen molar-refractivity contribution in [3.63, 3.8) is 0 Å². The van der Waals surface area contributed by atoms with Crippen LogP contribution < -0.4 is 0 Å². The lowest BCUT2D eigenvalue weighted by atomic mass is 9.95. The number of carboxylic acids is 2. The van der Waals surface area contributed by atoms with Crippen LogP contribution in [0.4, 0.5) is 4.39 Å². The number of benzene rings is 2. The summed E-state index contributed by atoms with van der Waals surface area (Å²) in [7, 11) is 0. The zero-order valence-electron chi connectivity index (χ0n) is 11.3. The van der Waals surface area contributed by atoms with Crippen molar-refractivity contribution in [3.8, 4) is 0 Å². The van der Waals surface area contributed by atoms with Gasteiger partial charge in [-0.05, 0) is 34.9 Å². The second kappa shape index (κ2) is 6.70. The minimum atomic E-state index is -1.24. The van der Waals surface area contributed by atoms with E-state index in [-0.39, 0.29) is 17.5 Å². The van der Waals surface area contributed by atoms with Gasteiger partial charge in [0.05, 0.1) is 11.1 Å². The molecule has 0 atom stereocenters. The summed E-state index contributed by atoms with van der Waals surface area (Å²) < 4.78 is 14.0. The van der Waals surface area contributed by atoms with E-state index in [9.17, 15) is 19.1 Å². The summed E-state index contributed by atoms with van der Waals surface area (Å²) in [5.41, 5.74) is 1.23. The van der Waals surface area contributed by atoms with Crippen LogP contribution in [0.5, 0.6) is 0 Å². The van der Waals surface area contributed by atoms with Crippen molar-refractivity contribution < 1.29 is 24.2 Å². The lowest BCUT2D eigenvalue weighted by molar-refractivity contribution is 0.0695. The van der Waals surface area contributed by atoms with Crippen LogP contribution in [-0.2, 0) is 11.8 Å². The van der Waals surface area contributed by atoms with Crippen LogP contribution in [0.3, 0.4) is 0 Å². The van der Waals surface area contributed by atoms with E-state index in [1.165, 1.54) is 18.2 Å². The van der Waals surface area contributed by atoms with E-state index in [0.717, 1.165) is 11.6 Å². The largest absolute Gasteiger partial charge is 0.478 e. The number of halogens is 2. The summed E-state index contributed by atoms with van der Waals surface area (Å²) in [6.07, 6.45) is 0.0785. The minimum Gasteiger partial charge on any atom is -0.478 e. The number of carboxylic acid groups (broad SMARTS) is 2. The molecular weight excluding hydrogens is 355 g/mol. The van der Waals surface area contributed by atoms with E-state index in [1.54, 1.807) is 12.1 Å². The summed E-state index contributed by atoms with van der Waals surface area (Å²) in [5, 5.41) is 18.6. The third-order valence-corrected chi connectivity index (χ3v) is 3.92. The van der Waals surface area contributed by atoms with Crippen molar-refractivity contribution in [2.75, 3.05) is 0 Å². The van der Waals surface area contributed by atoms with Gasteiger partial charge in [0.15, 0.2) is 0 Å². The number of carbonyl (C=O) groups is 2. The second-order valence-corrected chi connectivity index (χ2v) is 5.23. The molecule has 0 aromatic heterocycles. The third-order valence-electron chi connectivity index (χ3n) is 3.31. The lowest BCUT2D eigenvalue weighted by Gasteiger charge is -2.11. The molecule has 0 aliphatic heterocycles. The van der Waals surface area contributed by atoms with Crippen LogP contribution in [0.2, 0.25) is 0 Å². The maximum atomic E-state index is 14.0. The summed E-state index contributed by atoms with van der Waals surface area (Å²) in [6.45, 7) is 0. The average molecular weight is 367 g/mol. The van der Waals surface area contributed by atoms with Crippen molar-refractivity contribution in [2.45, 2.75) is 11.8 Å². The molecule has 6 heteroatoms. The molecule has 0 unspecified atom stereocenters. The van der Waals surface area contributed by atoms with Crippen LogP contribution >= 0.6 is 15.9 Å². The highest BCUT2D eigenvalue weighted by molar-refractivity contribution is 9.08. The molecule has 2 rings (SSSR count). The summed E-state index contributed by atoms with van der Waals surface area (Å²) in [5.74, 6) is -2.87. The topological polar surface area (TPSA) is 74.6 Å². The predicted molar refractivity (Wildman–Crippen MR) is 82.2 cm³/mol. The van der Waals surface area contributed by atoms with E-state index < -0.39 is 17.8 Å². The molecule has 0 saturated heterocycles. The van der Waals surface area contributed by atoms with Gasteiger partial charge in [0.1, 0.15) is 5.82 Å². The summed E-state index contributed by atoms with van der Waals surface area (Å²) >= 11 is 3.27. The Labute approximate surface area is 134 Å². The maximum absolute atomic E-state index is 14.0. The van der Waals surface area contributed by atoms with Crippen LogP contribution in [-0.4, -0.2) is 22.2 Å². The highest BCUT2D eigenvalue weighted by atomic mass is 79.9. The van der Waals surface area contributed by atoms with Gasteiger partial charge in [0, 0.05) is 11.8 Å². The van der Waals surface area contributed by atoms with Crippen molar-refractivity contribution in [1.29, 1.82) is 0 Å². The van der Waals surface area contributed by atoms with Crippen LogP contribution in [0, 0.1) is 5.82 Å². The summed E-state index contributed by atoms with van der Waals surface area (Å²) in [6, 6.07) is 8.47. The molecule has 0 amide bonds. The van der Waals surface area contributed by atoms with Gasteiger partial charge in [-0.1, -0.05) is 34.1 Å². The van der Waals surface area contributed by atoms with Gasteiger partial charge in [0.25, 0.3) is 0 Å². The Morgan fingerprint density at radius 1 is 1.05 bits per heavy atom. The Kier molecular flexibility index (Phi) is 4.92. The Hall–Kier alpha value is -2.21. The van der Waals surface area contributed by atoms with Gasteiger partial charge in [-0.15, -0.1) is 0 Å². The van der Waals surface area contributed by atoms with E-state index >= 15 is 0 Å². The molecule has 2 aromatic rings. The van der Waals surface area contributed by atoms with Crippen LogP contribution in [0.1, 0.15) is 37.4 Å². The van der Waals surface area contributed by atoms with Gasteiger partial charge >= 0.3 is 11.9 Å². The number of rotatable bonds is 5. The highest BCUT2D eigenvalue weighted by Gasteiger charge is 2.17. The molecule has 4 nitrogen and oxygen atoms in total. The molecule has 2 N–H and O–H groups in total. The Morgan fingerprint density at radius 3 is 2.36 bits per heavy atom. The monoisotopic (exact) mass is 366 g/mol. The zero-order chi connectivity index (χ0) is 16.3. The normalized spacial score (nSPS) is 10.5. The standard InChI is InChI=1S/C16H12BrFO4/c17-8-11-2-1-3-14(18)12(11)6-9-4-5-10(15(19)20)7-13(9)16(21)22/h1-5,7H,6,8H2,(H,19,20)(H,21,22). The van der Waals surface area contributed by atoms with Gasteiger partial charge in [0.2, 0.25) is 0 Å². The first-order valence-corrected chi connectivity index (χ1v) is 7.48. The molecule has 0 saturated carbocycles. The fourth-order valence-corrected chi connectivity index (χ4v) is 2.71. The highest BCUT2D eigenvalue weighted by Crippen LogP contribution is 2.23. The third kappa shape index (κ3) is 3.33. The number of hydrogen-bond donors (Lipinski definition) is 2. The second-order valence-electron chi connectivity index (χ2n) is 4.67.